The van der Waals surface area contributed by atoms with Crippen LogP contribution in [0.5, 0.6) is 0 Å². The van der Waals surface area contributed by atoms with E-state index in [0.29, 0.717) is 18.1 Å². The van der Waals surface area contributed by atoms with Crippen LogP contribution in [0.25, 0.3) is 0 Å². The van der Waals surface area contributed by atoms with Crippen LogP contribution >= 0.6 is 0 Å². The molecular formula is C16H20N4O2. The van der Waals surface area contributed by atoms with Gasteiger partial charge in [0.15, 0.2) is 5.82 Å². The predicted molar refractivity (Wildman–Crippen MR) is 80.7 cm³/mol. The number of carbonyl (C=O) groups is 1. The first-order valence-electron chi connectivity index (χ1n) is 7.51. The van der Waals surface area contributed by atoms with Crippen molar-refractivity contribution in [3.05, 3.63) is 47.6 Å². The Labute approximate surface area is 129 Å². The SMILES string of the molecule is CC(=O)NC(Cc1nc(C2(N)CCC2)no1)c1ccccc1. The summed E-state index contributed by atoms with van der Waals surface area (Å²) < 4.78 is 5.33. The van der Waals surface area contributed by atoms with Crippen LogP contribution in [0.3, 0.4) is 0 Å². The van der Waals surface area contributed by atoms with E-state index >= 15 is 0 Å². The quantitative estimate of drug-likeness (QED) is 0.878. The molecule has 1 fully saturated rings. The minimum absolute atomic E-state index is 0.0946. The first-order valence-corrected chi connectivity index (χ1v) is 7.51. The molecule has 1 saturated carbocycles. The van der Waals surface area contributed by atoms with E-state index < -0.39 is 5.54 Å². The number of hydrogen-bond donors (Lipinski definition) is 2. The number of nitrogens with one attached hydrogen (secondary N) is 1. The second-order valence-electron chi connectivity index (χ2n) is 5.89. The standard InChI is InChI=1S/C16H20N4O2/c1-11(21)18-13(12-6-3-2-4-7-12)10-14-19-15(20-22-14)16(17)8-5-9-16/h2-4,6-7,13H,5,8-10,17H2,1H3,(H,18,21). The highest BCUT2D eigenvalue weighted by Gasteiger charge is 2.39. The Balaban J connectivity index is 1.77. The Morgan fingerprint density at radius 1 is 1.41 bits per heavy atom. The van der Waals surface area contributed by atoms with E-state index in [1.165, 1.54) is 6.92 Å². The van der Waals surface area contributed by atoms with Crippen molar-refractivity contribution in [3.8, 4) is 0 Å². The van der Waals surface area contributed by atoms with Crippen LogP contribution in [0, 0.1) is 0 Å². The lowest BCUT2D eigenvalue weighted by Gasteiger charge is -2.34. The third-order valence-electron chi connectivity index (χ3n) is 4.12. The van der Waals surface area contributed by atoms with E-state index in [4.69, 9.17) is 10.3 Å². The number of carbonyl (C=O) groups excluding carboxylic acids is 1. The van der Waals surface area contributed by atoms with Crippen LogP contribution in [0.1, 0.15) is 49.5 Å². The van der Waals surface area contributed by atoms with Crippen LogP contribution < -0.4 is 11.1 Å². The summed E-state index contributed by atoms with van der Waals surface area (Å²) in [7, 11) is 0. The summed E-state index contributed by atoms with van der Waals surface area (Å²) in [5, 5.41) is 6.93. The average Bonchev–Trinajstić information content (AvgIpc) is 2.93. The number of nitrogens with zero attached hydrogens (tertiary/aromatic N) is 2. The Bertz CT molecular complexity index is 649. The number of nitrogens with two attached hydrogens (primary N) is 1. The van der Waals surface area contributed by atoms with E-state index in [9.17, 15) is 4.79 Å². The first-order chi connectivity index (χ1) is 10.6. The van der Waals surface area contributed by atoms with Gasteiger partial charge in [-0.3, -0.25) is 4.79 Å². The van der Waals surface area contributed by atoms with Crippen LogP contribution in [0.2, 0.25) is 0 Å². The van der Waals surface area contributed by atoms with Gasteiger partial charge in [-0.1, -0.05) is 35.5 Å². The molecular weight excluding hydrogens is 280 g/mol. The van der Waals surface area contributed by atoms with Gasteiger partial charge in [0.1, 0.15) is 0 Å². The van der Waals surface area contributed by atoms with Gasteiger partial charge in [-0.2, -0.15) is 4.98 Å². The molecule has 22 heavy (non-hydrogen) atoms. The maximum atomic E-state index is 11.4. The van der Waals surface area contributed by atoms with E-state index in [-0.39, 0.29) is 11.9 Å². The van der Waals surface area contributed by atoms with E-state index in [1.807, 2.05) is 30.3 Å². The second kappa shape index (κ2) is 5.88. The largest absolute Gasteiger partial charge is 0.349 e. The second-order valence-corrected chi connectivity index (χ2v) is 5.89. The van der Waals surface area contributed by atoms with Crippen molar-refractivity contribution >= 4 is 5.91 Å². The Morgan fingerprint density at radius 3 is 2.73 bits per heavy atom. The summed E-state index contributed by atoms with van der Waals surface area (Å²) in [6, 6.07) is 9.55. The molecule has 1 aromatic carbocycles. The van der Waals surface area contributed by atoms with Crippen molar-refractivity contribution < 1.29 is 9.32 Å². The molecule has 3 N–H and O–H groups in total. The molecule has 1 unspecified atom stereocenters. The maximum Gasteiger partial charge on any atom is 0.229 e. The molecule has 116 valence electrons. The number of rotatable bonds is 5. The molecule has 1 aromatic heterocycles. The number of hydrogen-bond acceptors (Lipinski definition) is 5. The molecule has 0 bridgehead atoms. The lowest BCUT2D eigenvalue weighted by molar-refractivity contribution is -0.119. The fraction of sp³-hybridized carbons (Fsp3) is 0.438. The molecule has 1 aliphatic carbocycles. The summed E-state index contributed by atoms with van der Waals surface area (Å²) in [4.78, 5) is 15.9. The highest BCUT2D eigenvalue weighted by atomic mass is 16.5. The minimum atomic E-state index is -0.433. The minimum Gasteiger partial charge on any atom is -0.349 e. The summed E-state index contributed by atoms with van der Waals surface area (Å²) in [6.45, 7) is 1.50. The van der Waals surface area contributed by atoms with Crippen molar-refractivity contribution in [2.45, 2.75) is 44.2 Å². The van der Waals surface area contributed by atoms with Gasteiger partial charge in [0.05, 0.1) is 18.0 Å². The molecule has 1 atom stereocenters. The highest BCUT2D eigenvalue weighted by Crippen LogP contribution is 2.37. The van der Waals surface area contributed by atoms with Gasteiger partial charge in [0.2, 0.25) is 11.8 Å². The van der Waals surface area contributed by atoms with Gasteiger partial charge in [-0.05, 0) is 24.8 Å². The van der Waals surface area contributed by atoms with Crippen molar-refractivity contribution in [1.29, 1.82) is 0 Å². The zero-order valence-corrected chi connectivity index (χ0v) is 12.6. The summed E-state index contributed by atoms with van der Waals surface area (Å²) >= 11 is 0. The van der Waals surface area contributed by atoms with Gasteiger partial charge >= 0.3 is 0 Å². The number of amides is 1. The fourth-order valence-corrected chi connectivity index (χ4v) is 2.68. The van der Waals surface area contributed by atoms with Crippen LogP contribution in [-0.4, -0.2) is 16.0 Å². The molecule has 6 heteroatoms. The molecule has 0 spiro atoms. The molecule has 1 heterocycles. The molecule has 2 aromatic rings. The first kappa shape index (κ1) is 14.7. The zero-order chi connectivity index (χ0) is 15.6. The Morgan fingerprint density at radius 2 is 2.14 bits per heavy atom. The average molecular weight is 300 g/mol. The third-order valence-corrected chi connectivity index (χ3v) is 4.12. The molecule has 6 nitrogen and oxygen atoms in total. The van der Waals surface area contributed by atoms with Crippen molar-refractivity contribution in [2.75, 3.05) is 0 Å². The molecule has 0 radical (unpaired) electrons. The summed E-state index contributed by atoms with van der Waals surface area (Å²) in [6.07, 6.45) is 3.32. The lowest BCUT2D eigenvalue weighted by Crippen LogP contribution is -2.44. The van der Waals surface area contributed by atoms with Crippen molar-refractivity contribution in [2.24, 2.45) is 5.73 Å². The van der Waals surface area contributed by atoms with Crippen LogP contribution in [0.4, 0.5) is 0 Å². The normalized spacial score (nSPS) is 17.5. The van der Waals surface area contributed by atoms with Gasteiger partial charge in [0.25, 0.3) is 0 Å². The van der Waals surface area contributed by atoms with Crippen LogP contribution in [0.15, 0.2) is 34.9 Å². The van der Waals surface area contributed by atoms with Crippen molar-refractivity contribution in [3.63, 3.8) is 0 Å². The molecule has 1 amide bonds. The smallest absolute Gasteiger partial charge is 0.229 e. The predicted octanol–water partition coefficient (Wildman–Crippen LogP) is 1.83. The van der Waals surface area contributed by atoms with Gasteiger partial charge in [-0.25, -0.2) is 0 Å². The van der Waals surface area contributed by atoms with E-state index in [2.05, 4.69) is 15.5 Å². The lowest BCUT2D eigenvalue weighted by atomic mass is 9.77. The van der Waals surface area contributed by atoms with Gasteiger partial charge in [0, 0.05) is 6.92 Å². The van der Waals surface area contributed by atoms with Crippen LogP contribution in [-0.2, 0) is 16.8 Å². The number of benzene rings is 1. The Hall–Kier alpha value is -2.21. The molecule has 0 saturated heterocycles. The zero-order valence-electron chi connectivity index (χ0n) is 12.6. The summed E-state index contributed by atoms with van der Waals surface area (Å²) in [5.41, 5.74) is 6.78. The van der Waals surface area contributed by atoms with E-state index in [0.717, 1.165) is 24.8 Å². The number of aromatic nitrogens is 2. The maximum absolute atomic E-state index is 11.4. The third kappa shape index (κ3) is 3.01. The molecule has 3 rings (SSSR count). The van der Waals surface area contributed by atoms with Gasteiger partial charge in [-0.15, -0.1) is 0 Å². The monoisotopic (exact) mass is 300 g/mol. The van der Waals surface area contributed by atoms with E-state index in [1.54, 1.807) is 0 Å². The highest BCUT2D eigenvalue weighted by molar-refractivity contribution is 5.73. The molecule has 0 aliphatic heterocycles. The topological polar surface area (TPSA) is 94.0 Å². The fourth-order valence-electron chi connectivity index (χ4n) is 2.68. The Kier molecular flexibility index (Phi) is 3.94. The van der Waals surface area contributed by atoms with Gasteiger partial charge < -0.3 is 15.6 Å². The molecule has 1 aliphatic rings. The van der Waals surface area contributed by atoms with Crippen molar-refractivity contribution in [1.82, 2.24) is 15.5 Å². The summed E-state index contributed by atoms with van der Waals surface area (Å²) in [5.74, 6) is 0.973.